The van der Waals surface area contributed by atoms with Gasteiger partial charge in [-0.1, -0.05) is 13.8 Å². The Morgan fingerprint density at radius 2 is 2.00 bits per heavy atom. The summed E-state index contributed by atoms with van der Waals surface area (Å²) in [6.45, 7) is 11.0. The Bertz CT molecular complexity index is 178. The topological polar surface area (TPSA) is 35.5 Å². The van der Waals surface area contributed by atoms with Crippen molar-refractivity contribution in [2.75, 3.05) is 32.8 Å². The Labute approximate surface area is 93.9 Å². The molecular formula is C12H26N2O. The summed E-state index contributed by atoms with van der Waals surface area (Å²) in [5.74, 6) is 0.876. The third-order valence-electron chi connectivity index (χ3n) is 3.40. The number of likely N-dealkylation sites (tertiary alicyclic amines) is 1. The fraction of sp³-hybridized carbons (Fsp3) is 1.00. The molecule has 1 atom stereocenters. The van der Waals surface area contributed by atoms with Crippen molar-refractivity contribution in [3.8, 4) is 0 Å². The van der Waals surface area contributed by atoms with Crippen molar-refractivity contribution in [3.63, 3.8) is 0 Å². The highest BCUT2D eigenvalue weighted by molar-refractivity contribution is 4.87. The van der Waals surface area contributed by atoms with Gasteiger partial charge >= 0.3 is 0 Å². The molecule has 0 aromatic rings. The van der Waals surface area contributed by atoms with Gasteiger partial charge in [0, 0.05) is 6.54 Å². The number of hydrogen-bond acceptors (Lipinski definition) is 3. The molecule has 1 fully saturated rings. The van der Waals surface area contributed by atoms with Gasteiger partial charge in [0.1, 0.15) is 0 Å². The molecule has 3 nitrogen and oxygen atoms in total. The molecule has 0 saturated carbocycles. The monoisotopic (exact) mass is 214 g/mol. The van der Waals surface area contributed by atoms with Crippen LogP contribution in [0.15, 0.2) is 0 Å². The molecule has 1 heterocycles. The maximum absolute atomic E-state index is 9.41. The first kappa shape index (κ1) is 12.9. The van der Waals surface area contributed by atoms with E-state index >= 15 is 0 Å². The van der Waals surface area contributed by atoms with E-state index in [-0.39, 0.29) is 12.1 Å². The van der Waals surface area contributed by atoms with Gasteiger partial charge in [-0.15, -0.1) is 0 Å². The summed E-state index contributed by atoms with van der Waals surface area (Å²) in [5, 5.41) is 12.8. The van der Waals surface area contributed by atoms with E-state index in [2.05, 4.69) is 31.0 Å². The van der Waals surface area contributed by atoms with Crippen LogP contribution in [-0.4, -0.2) is 48.3 Å². The van der Waals surface area contributed by atoms with Crippen LogP contribution in [0.2, 0.25) is 0 Å². The molecule has 0 aliphatic carbocycles. The maximum Gasteiger partial charge on any atom is 0.0623 e. The Balaban J connectivity index is 2.38. The molecular weight excluding hydrogens is 188 g/mol. The molecule has 0 bridgehead atoms. The average molecular weight is 214 g/mol. The highest BCUT2D eigenvalue weighted by Crippen LogP contribution is 2.18. The van der Waals surface area contributed by atoms with Crippen LogP contribution in [0.3, 0.4) is 0 Å². The highest BCUT2D eigenvalue weighted by Gasteiger charge is 2.26. The molecule has 0 radical (unpaired) electrons. The minimum atomic E-state index is -0.130. The lowest BCUT2D eigenvalue weighted by atomic mass is 9.96. The predicted octanol–water partition coefficient (Wildman–Crippen LogP) is 1.08. The van der Waals surface area contributed by atoms with Crippen LogP contribution in [0.4, 0.5) is 0 Å². The summed E-state index contributed by atoms with van der Waals surface area (Å²) in [6.07, 6.45) is 2.60. The van der Waals surface area contributed by atoms with E-state index in [4.69, 9.17) is 0 Å². The smallest absolute Gasteiger partial charge is 0.0623 e. The lowest BCUT2D eigenvalue weighted by Gasteiger charge is -2.38. The zero-order valence-corrected chi connectivity index (χ0v) is 10.4. The lowest BCUT2D eigenvalue weighted by Crippen LogP contribution is -2.55. The van der Waals surface area contributed by atoms with Crippen molar-refractivity contribution < 1.29 is 5.11 Å². The molecule has 90 valence electrons. The average Bonchev–Trinajstić information content (AvgIpc) is 2.22. The number of rotatable bonds is 5. The molecule has 1 aliphatic rings. The van der Waals surface area contributed by atoms with Gasteiger partial charge in [0.15, 0.2) is 0 Å². The maximum atomic E-state index is 9.41. The SMILES string of the molecule is CCNC(C)(CO)CN1CCC(C)CC1. The Kier molecular flexibility index (Phi) is 5.03. The van der Waals surface area contributed by atoms with E-state index in [1.54, 1.807) is 0 Å². The van der Waals surface area contributed by atoms with Gasteiger partial charge in [-0.05, 0) is 45.3 Å². The number of aliphatic hydroxyl groups is 1. The van der Waals surface area contributed by atoms with Crippen LogP contribution in [0.1, 0.15) is 33.6 Å². The standard InChI is InChI=1S/C12H26N2O/c1-4-13-12(3,10-15)9-14-7-5-11(2)6-8-14/h11,13,15H,4-10H2,1-3H3. The van der Waals surface area contributed by atoms with Gasteiger partial charge in [0.25, 0.3) is 0 Å². The summed E-state index contributed by atoms with van der Waals surface area (Å²) in [4.78, 5) is 2.47. The second-order valence-corrected chi connectivity index (χ2v) is 5.21. The van der Waals surface area contributed by atoms with Crippen LogP contribution in [0.25, 0.3) is 0 Å². The highest BCUT2D eigenvalue weighted by atomic mass is 16.3. The molecule has 3 heteroatoms. The summed E-state index contributed by atoms with van der Waals surface area (Å²) in [7, 11) is 0. The molecule has 0 spiro atoms. The van der Waals surface area contributed by atoms with E-state index < -0.39 is 0 Å². The van der Waals surface area contributed by atoms with Crippen molar-refractivity contribution in [1.29, 1.82) is 0 Å². The third-order valence-corrected chi connectivity index (χ3v) is 3.40. The van der Waals surface area contributed by atoms with Crippen molar-refractivity contribution in [2.24, 2.45) is 5.92 Å². The predicted molar refractivity (Wildman–Crippen MR) is 64.0 cm³/mol. The van der Waals surface area contributed by atoms with Gasteiger partial charge < -0.3 is 15.3 Å². The van der Waals surface area contributed by atoms with Gasteiger partial charge in [0.2, 0.25) is 0 Å². The number of nitrogens with one attached hydrogen (secondary N) is 1. The Hall–Kier alpha value is -0.120. The van der Waals surface area contributed by atoms with E-state index in [1.807, 2.05) is 0 Å². The largest absolute Gasteiger partial charge is 0.394 e. The van der Waals surface area contributed by atoms with Crippen molar-refractivity contribution in [2.45, 2.75) is 39.2 Å². The van der Waals surface area contributed by atoms with E-state index in [1.165, 1.54) is 25.9 Å². The van der Waals surface area contributed by atoms with Crippen LogP contribution >= 0.6 is 0 Å². The van der Waals surface area contributed by atoms with Gasteiger partial charge in [-0.3, -0.25) is 0 Å². The lowest BCUT2D eigenvalue weighted by molar-refractivity contribution is 0.0998. The second-order valence-electron chi connectivity index (χ2n) is 5.21. The molecule has 0 aromatic heterocycles. The van der Waals surface area contributed by atoms with Crippen molar-refractivity contribution in [1.82, 2.24) is 10.2 Å². The van der Waals surface area contributed by atoms with Crippen LogP contribution in [-0.2, 0) is 0 Å². The van der Waals surface area contributed by atoms with E-state index in [9.17, 15) is 5.11 Å². The normalized spacial score (nSPS) is 24.0. The molecule has 1 rings (SSSR count). The first-order chi connectivity index (χ1) is 7.09. The van der Waals surface area contributed by atoms with Crippen LogP contribution in [0, 0.1) is 5.92 Å². The quantitative estimate of drug-likeness (QED) is 0.719. The minimum Gasteiger partial charge on any atom is -0.394 e. The molecule has 2 N–H and O–H groups in total. The summed E-state index contributed by atoms with van der Waals surface area (Å²) >= 11 is 0. The molecule has 1 saturated heterocycles. The van der Waals surface area contributed by atoms with E-state index in [0.29, 0.717) is 0 Å². The summed E-state index contributed by atoms with van der Waals surface area (Å²) in [6, 6.07) is 0. The fourth-order valence-corrected chi connectivity index (χ4v) is 2.30. The first-order valence-corrected chi connectivity index (χ1v) is 6.18. The zero-order chi connectivity index (χ0) is 11.3. The van der Waals surface area contributed by atoms with Crippen molar-refractivity contribution >= 4 is 0 Å². The Morgan fingerprint density at radius 1 is 1.40 bits per heavy atom. The second kappa shape index (κ2) is 5.83. The fourth-order valence-electron chi connectivity index (χ4n) is 2.30. The molecule has 15 heavy (non-hydrogen) atoms. The van der Waals surface area contributed by atoms with Gasteiger partial charge in [-0.2, -0.15) is 0 Å². The number of hydrogen-bond donors (Lipinski definition) is 2. The summed E-state index contributed by atoms with van der Waals surface area (Å²) < 4.78 is 0. The van der Waals surface area contributed by atoms with Crippen LogP contribution < -0.4 is 5.32 Å². The third kappa shape index (κ3) is 4.09. The van der Waals surface area contributed by atoms with Gasteiger partial charge in [-0.25, -0.2) is 0 Å². The summed E-state index contributed by atoms with van der Waals surface area (Å²) in [5.41, 5.74) is -0.130. The first-order valence-electron chi connectivity index (χ1n) is 6.18. The Morgan fingerprint density at radius 3 is 2.47 bits per heavy atom. The van der Waals surface area contributed by atoms with Crippen LogP contribution in [0.5, 0.6) is 0 Å². The zero-order valence-electron chi connectivity index (χ0n) is 10.4. The minimum absolute atomic E-state index is 0.130. The number of aliphatic hydroxyl groups excluding tert-OH is 1. The van der Waals surface area contributed by atoms with Gasteiger partial charge in [0.05, 0.1) is 12.1 Å². The number of piperidine rings is 1. The molecule has 1 unspecified atom stereocenters. The number of likely N-dealkylation sites (N-methyl/N-ethyl adjacent to an activating group) is 1. The molecule has 0 aromatic carbocycles. The van der Waals surface area contributed by atoms with E-state index in [0.717, 1.165) is 19.0 Å². The molecule has 0 amide bonds. The molecule has 1 aliphatic heterocycles. The van der Waals surface area contributed by atoms with Crippen molar-refractivity contribution in [3.05, 3.63) is 0 Å². The number of nitrogens with zero attached hydrogens (tertiary/aromatic N) is 1.